The molecule has 1 aromatic carbocycles. The fourth-order valence-corrected chi connectivity index (χ4v) is 1.35. The predicted molar refractivity (Wildman–Crippen MR) is 58.8 cm³/mol. The maximum Gasteiger partial charge on any atom is 0.284 e. The molecule has 0 saturated heterocycles. The van der Waals surface area contributed by atoms with Crippen LogP contribution in [-0.4, -0.2) is 15.9 Å². The lowest BCUT2D eigenvalue weighted by Gasteiger charge is -1.99. The summed E-state index contributed by atoms with van der Waals surface area (Å²) in [6.45, 7) is 0. The van der Waals surface area contributed by atoms with E-state index in [1.165, 1.54) is 6.07 Å². The zero-order valence-corrected chi connectivity index (χ0v) is 8.15. The number of aromatic nitrogens is 2. The van der Waals surface area contributed by atoms with Gasteiger partial charge >= 0.3 is 0 Å². The van der Waals surface area contributed by atoms with Crippen LogP contribution < -0.4 is 11.3 Å². The summed E-state index contributed by atoms with van der Waals surface area (Å²) in [5, 5.41) is 0.334. The third-order valence-electron chi connectivity index (χ3n) is 2.11. The molecule has 2 aromatic rings. The Morgan fingerprint density at radius 1 is 1.50 bits per heavy atom. The van der Waals surface area contributed by atoms with E-state index in [-0.39, 0.29) is 5.82 Å². The molecule has 1 amide bonds. The normalized spacial score (nSPS) is 9.94. The van der Waals surface area contributed by atoms with Crippen molar-refractivity contribution < 1.29 is 4.79 Å². The van der Waals surface area contributed by atoms with E-state index in [9.17, 15) is 9.59 Å². The zero-order valence-electron chi connectivity index (χ0n) is 8.15. The van der Waals surface area contributed by atoms with Gasteiger partial charge in [-0.15, -0.1) is 6.42 Å². The van der Waals surface area contributed by atoms with Crippen LogP contribution in [0.15, 0.2) is 23.0 Å². The molecule has 0 fully saturated rings. The molecule has 16 heavy (non-hydrogen) atoms. The minimum absolute atomic E-state index is 0.161. The number of benzene rings is 1. The highest BCUT2D eigenvalue weighted by molar-refractivity contribution is 5.91. The Hall–Kier alpha value is -2.61. The Balaban J connectivity index is 2.83. The Labute approximate surface area is 90.3 Å². The third kappa shape index (κ3) is 1.53. The van der Waals surface area contributed by atoms with Gasteiger partial charge in [0.05, 0.1) is 10.9 Å². The summed E-state index contributed by atoms with van der Waals surface area (Å²) in [5.74, 6) is 1.47. The average molecular weight is 213 g/mol. The van der Waals surface area contributed by atoms with Crippen LogP contribution in [0.25, 0.3) is 10.9 Å². The van der Waals surface area contributed by atoms with Gasteiger partial charge in [-0.25, -0.2) is 4.98 Å². The van der Waals surface area contributed by atoms with E-state index < -0.39 is 11.5 Å². The summed E-state index contributed by atoms with van der Waals surface area (Å²) >= 11 is 0. The van der Waals surface area contributed by atoms with Gasteiger partial charge in [-0.3, -0.25) is 9.59 Å². The fraction of sp³-hybridized carbons (Fsp3) is 0. The Morgan fingerprint density at radius 2 is 2.25 bits per heavy atom. The number of nitrogens with zero attached hydrogens (tertiary/aromatic N) is 1. The van der Waals surface area contributed by atoms with Crippen LogP contribution in [0.5, 0.6) is 0 Å². The lowest BCUT2D eigenvalue weighted by atomic mass is 10.1. The average Bonchev–Trinajstić information content (AvgIpc) is 2.28. The van der Waals surface area contributed by atoms with Gasteiger partial charge in [-0.2, -0.15) is 0 Å². The third-order valence-corrected chi connectivity index (χ3v) is 2.11. The molecule has 0 spiro atoms. The molecule has 1 aromatic heterocycles. The summed E-state index contributed by atoms with van der Waals surface area (Å²) < 4.78 is 0. The molecular formula is C11H7N3O2. The van der Waals surface area contributed by atoms with Gasteiger partial charge in [0.15, 0.2) is 5.82 Å². The molecule has 0 radical (unpaired) electrons. The van der Waals surface area contributed by atoms with Crippen molar-refractivity contribution in [1.29, 1.82) is 0 Å². The van der Waals surface area contributed by atoms with Crippen LogP contribution in [0.3, 0.4) is 0 Å². The first kappa shape index (κ1) is 9.93. The van der Waals surface area contributed by atoms with E-state index in [1.54, 1.807) is 12.1 Å². The van der Waals surface area contributed by atoms with Crippen molar-refractivity contribution in [2.45, 2.75) is 0 Å². The summed E-state index contributed by atoms with van der Waals surface area (Å²) in [4.78, 5) is 28.7. The van der Waals surface area contributed by atoms with Crippen LogP contribution in [0, 0.1) is 12.3 Å². The topological polar surface area (TPSA) is 88.8 Å². The number of carbonyl (C=O) groups is 1. The summed E-state index contributed by atoms with van der Waals surface area (Å²) in [7, 11) is 0. The first-order valence-corrected chi connectivity index (χ1v) is 4.42. The molecule has 2 rings (SSSR count). The monoisotopic (exact) mass is 213 g/mol. The molecule has 0 saturated carbocycles. The van der Waals surface area contributed by atoms with Crippen LogP contribution in [0.2, 0.25) is 0 Å². The maximum absolute atomic E-state index is 11.6. The molecule has 0 unspecified atom stereocenters. The summed E-state index contributed by atoms with van der Waals surface area (Å²) in [5.41, 5.74) is 5.55. The molecule has 5 nitrogen and oxygen atoms in total. The van der Waals surface area contributed by atoms with Crippen molar-refractivity contribution in [2.24, 2.45) is 5.73 Å². The second-order valence-corrected chi connectivity index (χ2v) is 3.16. The standard InChI is InChI=1S/C11H7N3O2/c1-2-6-3-4-8-7(5-6)11(16)14-10(13-8)9(12)15/h1,3-5H,(H2,12,15)(H,13,14,16). The van der Waals surface area contributed by atoms with E-state index in [1.807, 2.05) is 0 Å². The number of terminal acetylenes is 1. The van der Waals surface area contributed by atoms with Crippen LogP contribution in [0.1, 0.15) is 16.2 Å². The van der Waals surface area contributed by atoms with Crippen molar-refractivity contribution in [1.82, 2.24) is 9.97 Å². The van der Waals surface area contributed by atoms with Crippen molar-refractivity contribution in [3.8, 4) is 12.3 Å². The van der Waals surface area contributed by atoms with Gasteiger partial charge in [-0.05, 0) is 18.2 Å². The largest absolute Gasteiger partial charge is 0.363 e. The molecule has 0 bridgehead atoms. The predicted octanol–water partition coefficient (Wildman–Crippen LogP) is 0.00330. The number of hydrogen-bond donors (Lipinski definition) is 2. The lowest BCUT2D eigenvalue weighted by Crippen LogP contribution is -2.21. The van der Waals surface area contributed by atoms with Gasteiger partial charge in [0.2, 0.25) is 0 Å². The van der Waals surface area contributed by atoms with Gasteiger partial charge in [0, 0.05) is 5.56 Å². The molecule has 0 aliphatic heterocycles. The van der Waals surface area contributed by atoms with Gasteiger partial charge < -0.3 is 10.7 Å². The molecule has 1 heterocycles. The number of hydrogen-bond acceptors (Lipinski definition) is 3. The van der Waals surface area contributed by atoms with Gasteiger partial charge in [-0.1, -0.05) is 5.92 Å². The minimum Gasteiger partial charge on any atom is -0.363 e. The number of H-pyrrole nitrogens is 1. The zero-order chi connectivity index (χ0) is 11.7. The second-order valence-electron chi connectivity index (χ2n) is 3.16. The number of nitrogens with two attached hydrogens (primary N) is 1. The number of primary amides is 1. The fourth-order valence-electron chi connectivity index (χ4n) is 1.35. The molecule has 3 N–H and O–H groups in total. The van der Waals surface area contributed by atoms with E-state index in [2.05, 4.69) is 15.9 Å². The molecule has 0 aliphatic rings. The molecule has 78 valence electrons. The van der Waals surface area contributed by atoms with Crippen LogP contribution in [0.4, 0.5) is 0 Å². The SMILES string of the molecule is C#Cc1ccc2nc(C(N)=O)[nH]c(=O)c2c1. The highest BCUT2D eigenvalue weighted by atomic mass is 16.1. The number of carbonyl (C=O) groups excluding carboxylic acids is 1. The van der Waals surface area contributed by atoms with Gasteiger partial charge in [0.1, 0.15) is 0 Å². The van der Waals surface area contributed by atoms with E-state index in [0.29, 0.717) is 16.5 Å². The Kier molecular flexibility index (Phi) is 2.18. The van der Waals surface area contributed by atoms with E-state index in [0.717, 1.165) is 0 Å². The highest BCUT2D eigenvalue weighted by Gasteiger charge is 2.07. The number of amides is 1. The molecule has 0 aliphatic carbocycles. The quantitative estimate of drug-likeness (QED) is 0.653. The number of fused-ring (bicyclic) bond motifs is 1. The Bertz CT molecular complexity index is 680. The molecule has 0 atom stereocenters. The van der Waals surface area contributed by atoms with Crippen LogP contribution in [-0.2, 0) is 0 Å². The first-order chi connectivity index (χ1) is 7.61. The maximum atomic E-state index is 11.6. The molecule has 5 heteroatoms. The van der Waals surface area contributed by atoms with E-state index in [4.69, 9.17) is 12.2 Å². The van der Waals surface area contributed by atoms with Gasteiger partial charge in [0.25, 0.3) is 11.5 Å². The number of nitrogens with one attached hydrogen (secondary N) is 1. The number of aromatic amines is 1. The summed E-state index contributed by atoms with van der Waals surface area (Å²) in [6.07, 6.45) is 5.21. The first-order valence-electron chi connectivity index (χ1n) is 4.42. The highest BCUT2D eigenvalue weighted by Crippen LogP contribution is 2.09. The minimum atomic E-state index is -0.778. The smallest absolute Gasteiger partial charge is 0.284 e. The lowest BCUT2D eigenvalue weighted by molar-refractivity contribution is 0.0990. The van der Waals surface area contributed by atoms with Crippen molar-refractivity contribution in [3.05, 3.63) is 39.9 Å². The summed E-state index contributed by atoms with van der Waals surface area (Å²) in [6, 6.07) is 4.75. The van der Waals surface area contributed by atoms with Crippen LogP contribution >= 0.6 is 0 Å². The van der Waals surface area contributed by atoms with Crippen molar-refractivity contribution in [2.75, 3.05) is 0 Å². The number of rotatable bonds is 1. The van der Waals surface area contributed by atoms with Crippen molar-refractivity contribution >= 4 is 16.8 Å². The molecular weight excluding hydrogens is 206 g/mol. The second kappa shape index (κ2) is 3.51. The Morgan fingerprint density at radius 3 is 2.88 bits per heavy atom. The van der Waals surface area contributed by atoms with E-state index >= 15 is 0 Å². The van der Waals surface area contributed by atoms with Crippen molar-refractivity contribution in [3.63, 3.8) is 0 Å².